The van der Waals surface area contributed by atoms with Crippen molar-refractivity contribution in [2.24, 2.45) is 0 Å². The summed E-state index contributed by atoms with van der Waals surface area (Å²) in [4.78, 5) is 7.25. The van der Waals surface area contributed by atoms with Crippen LogP contribution in [0.4, 0.5) is 13.2 Å². The second-order valence-electron chi connectivity index (χ2n) is 5.88. The number of nitrogens with zero attached hydrogens (tertiary/aromatic N) is 2. The van der Waals surface area contributed by atoms with Crippen molar-refractivity contribution in [3.63, 3.8) is 0 Å². The Bertz CT molecular complexity index is 725. The van der Waals surface area contributed by atoms with Gasteiger partial charge in [0.15, 0.2) is 6.61 Å². The molecule has 0 saturated carbocycles. The van der Waals surface area contributed by atoms with Gasteiger partial charge in [-0.3, -0.25) is 4.90 Å². The van der Waals surface area contributed by atoms with Crippen LogP contribution in [-0.2, 0) is 19.5 Å². The summed E-state index contributed by atoms with van der Waals surface area (Å²) in [6.07, 6.45) is -1.84. The molecule has 0 unspecified atom stereocenters. The van der Waals surface area contributed by atoms with Crippen molar-refractivity contribution < 1.29 is 17.9 Å². The van der Waals surface area contributed by atoms with Crippen LogP contribution in [0.3, 0.4) is 0 Å². The molecule has 0 atom stereocenters. The summed E-state index contributed by atoms with van der Waals surface area (Å²) in [5.74, 6) is -0.0196. The van der Waals surface area contributed by atoms with Gasteiger partial charge in [-0.05, 0) is 56.9 Å². The first-order valence-electron chi connectivity index (χ1n) is 7.70. The lowest BCUT2D eigenvalue weighted by Crippen LogP contribution is -2.30. The number of pyridine rings is 1. The summed E-state index contributed by atoms with van der Waals surface area (Å²) in [6.45, 7) is 1.09. The van der Waals surface area contributed by atoms with Gasteiger partial charge in [0.2, 0.25) is 5.88 Å². The van der Waals surface area contributed by atoms with E-state index < -0.39 is 12.8 Å². The molecule has 3 rings (SSSR count). The molecular formula is C17H16ClF3N2OS. The third-order valence-electron chi connectivity index (χ3n) is 3.95. The van der Waals surface area contributed by atoms with Crippen LogP contribution < -0.4 is 4.74 Å². The van der Waals surface area contributed by atoms with Crippen LogP contribution in [0.15, 0.2) is 41.4 Å². The van der Waals surface area contributed by atoms with E-state index in [4.69, 9.17) is 10.7 Å². The highest BCUT2D eigenvalue weighted by Crippen LogP contribution is 2.28. The largest absolute Gasteiger partial charge is 0.468 e. The van der Waals surface area contributed by atoms with E-state index in [1.165, 1.54) is 28.2 Å². The zero-order valence-corrected chi connectivity index (χ0v) is 14.8. The van der Waals surface area contributed by atoms with E-state index in [1.807, 2.05) is 6.07 Å². The Labute approximate surface area is 152 Å². The molecule has 0 spiro atoms. The zero-order chi connectivity index (χ0) is 17.9. The van der Waals surface area contributed by atoms with Crippen LogP contribution in [-0.4, -0.2) is 29.2 Å². The lowest BCUT2D eigenvalue weighted by atomic mass is 9.99. The van der Waals surface area contributed by atoms with Crippen LogP contribution in [0.2, 0.25) is 0 Å². The SMILES string of the molecule is FC(F)(F)COc1ccc(CN2CCc3ccc(SCl)cc3C2)cn1. The van der Waals surface area contributed by atoms with Crippen LogP contribution in [0, 0.1) is 0 Å². The van der Waals surface area contributed by atoms with Crippen molar-refractivity contribution in [1.29, 1.82) is 0 Å². The summed E-state index contributed by atoms with van der Waals surface area (Å²) in [5, 5.41) is 0. The predicted octanol–water partition coefficient (Wildman–Crippen LogP) is 4.83. The number of hydrogen-bond acceptors (Lipinski definition) is 4. The van der Waals surface area contributed by atoms with Gasteiger partial charge in [-0.15, -0.1) is 0 Å². The normalized spacial score (nSPS) is 15.0. The van der Waals surface area contributed by atoms with Crippen LogP contribution in [0.1, 0.15) is 16.7 Å². The highest BCUT2D eigenvalue weighted by Gasteiger charge is 2.28. The molecule has 3 nitrogen and oxygen atoms in total. The predicted molar refractivity (Wildman–Crippen MR) is 91.8 cm³/mol. The Morgan fingerprint density at radius 2 is 2.04 bits per heavy atom. The third kappa shape index (κ3) is 5.26. The quantitative estimate of drug-likeness (QED) is 0.732. The highest BCUT2D eigenvalue weighted by molar-refractivity contribution is 8.21. The van der Waals surface area contributed by atoms with Gasteiger partial charge in [-0.2, -0.15) is 13.2 Å². The maximum absolute atomic E-state index is 12.1. The minimum atomic E-state index is -4.36. The van der Waals surface area contributed by atoms with E-state index in [0.717, 1.165) is 30.0 Å². The molecular weight excluding hydrogens is 373 g/mol. The van der Waals surface area contributed by atoms with Gasteiger partial charge in [0, 0.05) is 36.8 Å². The molecule has 1 aliphatic heterocycles. The number of aromatic nitrogens is 1. The molecule has 25 heavy (non-hydrogen) atoms. The molecule has 0 fully saturated rings. The average molecular weight is 389 g/mol. The number of benzene rings is 1. The number of alkyl halides is 3. The van der Waals surface area contributed by atoms with E-state index in [-0.39, 0.29) is 5.88 Å². The maximum atomic E-state index is 12.1. The minimum absolute atomic E-state index is 0.0196. The van der Waals surface area contributed by atoms with Crippen LogP contribution in [0.25, 0.3) is 0 Å². The second-order valence-corrected chi connectivity index (χ2v) is 6.97. The number of ether oxygens (including phenoxy) is 1. The summed E-state index contributed by atoms with van der Waals surface area (Å²) in [6, 6.07) is 9.47. The molecule has 1 aromatic carbocycles. The van der Waals surface area contributed by atoms with E-state index in [1.54, 1.807) is 12.3 Å². The molecule has 0 aliphatic carbocycles. The summed E-state index contributed by atoms with van der Waals surface area (Å²) in [5.41, 5.74) is 3.53. The van der Waals surface area contributed by atoms with E-state index in [9.17, 15) is 13.2 Å². The summed E-state index contributed by atoms with van der Waals surface area (Å²) < 4.78 is 41.0. The van der Waals surface area contributed by atoms with E-state index >= 15 is 0 Å². The Morgan fingerprint density at radius 3 is 2.72 bits per heavy atom. The van der Waals surface area contributed by atoms with Crippen LogP contribution >= 0.6 is 21.7 Å². The summed E-state index contributed by atoms with van der Waals surface area (Å²) in [7, 11) is 7.02. The number of hydrogen-bond donors (Lipinski definition) is 0. The molecule has 1 aromatic heterocycles. The van der Waals surface area contributed by atoms with Gasteiger partial charge in [0.1, 0.15) is 0 Å². The van der Waals surface area contributed by atoms with Crippen molar-refractivity contribution >= 4 is 21.7 Å². The third-order valence-corrected chi connectivity index (χ3v) is 4.91. The highest BCUT2D eigenvalue weighted by atomic mass is 35.7. The molecule has 0 bridgehead atoms. The number of halogens is 4. The minimum Gasteiger partial charge on any atom is -0.468 e. The molecule has 0 N–H and O–H groups in total. The molecule has 2 heterocycles. The fraction of sp³-hybridized carbons (Fsp3) is 0.353. The second kappa shape index (κ2) is 7.85. The first-order chi connectivity index (χ1) is 11.9. The first-order valence-corrected chi connectivity index (χ1v) is 9.34. The average Bonchev–Trinajstić information content (AvgIpc) is 2.60. The molecule has 2 aromatic rings. The molecule has 0 amide bonds. The van der Waals surface area contributed by atoms with Gasteiger partial charge in [-0.25, -0.2) is 4.98 Å². The molecule has 8 heteroatoms. The lowest BCUT2D eigenvalue weighted by Gasteiger charge is -2.29. The lowest BCUT2D eigenvalue weighted by molar-refractivity contribution is -0.154. The topological polar surface area (TPSA) is 25.4 Å². The van der Waals surface area contributed by atoms with Crippen molar-refractivity contribution in [3.05, 3.63) is 53.2 Å². The monoisotopic (exact) mass is 388 g/mol. The Balaban J connectivity index is 1.59. The molecule has 1 aliphatic rings. The van der Waals surface area contributed by atoms with Crippen LogP contribution in [0.5, 0.6) is 5.88 Å². The maximum Gasteiger partial charge on any atom is 0.422 e. The van der Waals surface area contributed by atoms with Gasteiger partial charge in [-0.1, -0.05) is 12.1 Å². The van der Waals surface area contributed by atoms with Crippen molar-refractivity contribution in [3.8, 4) is 5.88 Å². The molecule has 0 saturated heterocycles. The Morgan fingerprint density at radius 1 is 1.20 bits per heavy atom. The van der Waals surface area contributed by atoms with Gasteiger partial charge < -0.3 is 4.74 Å². The molecule has 0 radical (unpaired) electrons. The fourth-order valence-electron chi connectivity index (χ4n) is 2.78. The zero-order valence-electron chi connectivity index (χ0n) is 13.2. The standard InChI is InChI=1S/C17H16ClF3N2OS/c18-25-15-3-2-13-5-6-23(10-14(13)7-15)9-12-1-4-16(22-8-12)24-11-17(19,20)21/h1-4,7-8H,5-6,9-11H2. The van der Waals surface area contributed by atoms with Crippen molar-refractivity contribution in [2.45, 2.75) is 30.6 Å². The number of rotatable bonds is 5. The van der Waals surface area contributed by atoms with Crippen molar-refractivity contribution in [1.82, 2.24) is 9.88 Å². The van der Waals surface area contributed by atoms with E-state index in [0.29, 0.717) is 6.54 Å². The van der Waals surface area contributed by atoms with Gasteiger partial charge in [0.25, 0.3) is 0 Å². The Kier molecular flexibility index (Phi) is 5.76. The van der Waals surface area contributed by atoms with Gasteiger partial charge >= 0.3 is 6.18 Å². The first kappa shape index (κ1) is 18.4. The molecule has 134 valence electrons. The summed E-state index contributed by atoms with van der Waals surface area (Å²) >= 11 is 0. The van der Waals surface area contributed by atoms with E-state index in [2.05, 4.69) is 26.8 Å². The Hall–Kier alpha value is -1.44. The van der Waals surface area contributed by atoms with Gasteiger partial charge in [0.05, 0.1) is 0 Å². The number of fused-ring (bicyclic) bond motifs is 1. The smallest absolute Gasteiger partial charge is 0.422 e. The fourth-order valence-corrected chi connectivity index (χ4v) is 3.37. The van der Waals surface area contributed by atoms with Crippen molar-refractivity contribution in [2.75, 3.05) is 13.2 Å².